The Kier molecular flexibility index (Phi) is 9.65. The number of thiazole rings is 1. The number of amides is 1. The Morgan fingerprint density at radius 1 is 1.03 bits per heavy atom. The molecule has 23 heteroatoms. The van der Waals surface area contributed by atoms with Gasteiger partial charge in [0.05, 0.1) is 60.7 Å². The molecule has 1 amide bonds. The van der Waals surface area contributed by atoms with Gasteiger partial charge in [0.15, 0.2) is 11.5 Å². The van der Waals surface area contributed by atoms with Gasteiger partial charge in [0.25, 0.3) is 17.9 Å². The number of hydrogen-bond acceptors (Lipinski definition) is 10. The van der Waals surface area contributed by atoms with Crippen molar-refractivity contribution in [3.05, 3.63) is 122 Å². The molecule has 64 heavy (non-hydrogen) atoms. The minimum atomic E-state index is -3.92. The molecule has 0 aliphatic heterocycles. The van der Waals surface area contributed by atoms with Crippen LogP contribution in [-0.4, -0.2) is 59.7 Å². The van der Waals surface area contributed by atoms with Crippen LogP contribution in [0.4, 0.5) is 32.2 Å². The molecule has 5 aromatic heterocycles. The predicted molar refractivity (Wildman–Crippen MR) is 224 cm³/mol. The molecule has 328 valence electrons. The third kappa shape index (κ3) is 7.03. The van der Waals surface area contributed by atoms with E-state index in [9.17, 15) is 30.8 Å². The molecular formula is C41H29ClF6N10O4S2. The van der Waals surface area contributed by atoms with Crippen LogP contribution in [0.1, 0.15) is 53.1 Å². The number of halogens is 7. The van der Waals surface area contributed by atoms with E-state index >= 15 is 13.6 Å². The number of pyridine rings is 1. The molecule has 0 bridgehead atoms. The van der Waals surface area contributed by atoms with E-state index < -0.39 is 87.7 Å². The Morgan fingerprint density at radius 2 is 1.80 bits per heavy atom. The van der Waals surface area contributed by atoms with Crippen molar-refractivity contribution in [2.24, 2.45) is 13.0 Å². The minimum Gasteiger partial charge on any atom is -0.344 e. The second-order valence-electron chi connectivity index (χ2n) is 15.6. The molecule has 0 saturated heterocycles. The highest BCUT2D eigenvalue weighted by atomic mass is 35.5. The van der Waals surface area contributed by atoms with Gasteiger partial charge in [-0.05, 0) is 66.4 Å². The van der Waals surface area contributed by atoms with Crippen LogP contribution >= 0.6 is 22.9 Å². The fourth-order valence-electron chi connectivity index (χ4n) is 8.64. The number of carbonyl (C=O) groups excluding carboxylic acids is 1. The third-order valence-corrected chi connectivity index (χ3v) is 13.0. The van der Waals surface area contributed by atoms with E-state index in [1.807, 2.05) is 6.07 Å². The van der Waals surface area contributed by atoms with Gasteiger partial charge in [-0.3, -0.25) is 28.2 Å². The molecule has 1 fully saturated rings. The van der Waals surface area contributed by atoms with E-state index in [0.717, 1.165) is 33.2 Å². The molecule has 2 aliphatic carbocycles. The zero-order chi connectivity index (χ0) is 45.1. The van der Waals surface area contributed by atoms with Gasteiger partial charge >= 0.3 is 0 Å². The van der Waals surface area contributed by atoms with Crippen LogP contribution in [0.3, 0.4) is 0 Å². The molecule has 5 heterocycles. The van der Waals surface area contributed by atoms with E-state index in [0.29, 0.717) is 22.0 Å². The van der Waals surface area contributed by atoms with Crippen LogP contribution in [0.25, 0.3) is 49.1 Å². The number of carbonyl (C=O) groups is 1. The van der Waals surface area contributed by atoms with Crippen LogP contribution in [0.5, 0.6) is 0 Å². The summed E-state index contributed by atoms with van der Waals surface area (Å²) >= 11 is 8.04. The van der Waals surface area contributed by atoms with Gasteiger partial charge in [0, 0.05) is 36.6 Å². The van der Waals surface area contributed by atoms with E-state index in [4.69, 9.17) is 21.6 Å². The molecule has 8 aromatic rings. The first-order valence-electron chi connectivity index (χ1n) is 19.3. The van der Waals surface area contributed by atoms with Crippen LogP contribution in [0.15, 0.2) is 71.0 Å². The second kappa shape index (κ2) is 14.8. The van der Waals surface area contributed by atoms with Crippen molar-refractivity contribution in [2.75, 3.05) is 11.0 Å². The Balaban J connectivity index is 1.18. The zero-order valence-electron chi connectivity index (χ0n) is 33.0. The number of aromatic nitrogens is 8. The summed E-state index contributed by atoms with van der Waals surface area (Å²) in [6.45, 7) is -0.994. The lowest BCUT2D eigenvalue weighted by atomic mass is 10.0. The lowest BCUT2D eigenvalue weighted by molar-refractivity contribution is -0.123. The maximum absolute atomic E-state index is 15.6. The number of aryl methyl sites for hydroxylation is 1. The predicted octanol–water partition coefficient (Wildman–Crippen LogP) is 7.69. The average molecular weight is 939 g/mol. The van der Waals surface area contributed by atoms with Crippen LogP contribution in [0, 0.1) is 17.6 Å². The highest BCUT2D eigenvalue weighted by Gasteiger charge is 2.67. The Hall–Kier alpha value is -6.39. The maximum atomic E-state index is 15.6. The van der Waals surface area contributed by atoms with Crippen molar-refractivity contribution in [2.45, 2.75) is 43.7 Å². The number of alkyl halides is 4. The summed E-state index contributed by atoms with van der Waals surface area (Å²) in [4.78, 5) is 43.1. The molecule has 10 rings (SSSR count). The Labute approximate surface area is 365 Å². The molecule has 2 N–H and O–H groups in total. The van der Waals surface area contributed by atoms with E-state index in [1.54, 1.807) is 23.7 Å². The van der Waals surface area contributed by atoms with Gasteiger partial charge in [-0.15, -0.1) is 11.3 Å². The number of nitrogens with one attached hydrogen (secondary N) is 2. The monoisotopic (exact) mass is 938 g/mol. The van der Waals surface area contributed by atoms with Crippen molar-refractivity contribution >= 4 is 76.8 Å². The first-order valence-corrected chi connectivity index (χ1v) is 22.4. The number of sulfonamides is 1. The van der Waals surface area contributed by atoms with Crippen molar-refractivity contribution < 1.29 is 39.6 Å². The number of anilines is 1. The van der Waals surface area contributed by atoms with Gasteiger partial charge < -0.3 is 5.32 Å². The smallest absolute Gasteiger partial charge is 0.293 e. The summed E-state index contributed by atoms with van der Waals surface area (Å²) in [7, 11) is -2.47. The minimum absolute atomic E-state index is 0.0000785. The summed E-state index contributed by atoms with van der Waals surface area (Å²) in [6, 6.07) is 12.3. The van der Waals surface area contributed by atoms with E-state index in [2.05, 4.69) is 25.2 Å². The van der Waals surface area contributed by atoms with Gasteiger partial charge in [0.2, 0.25) is 15.9 Å². The Morgan fingerprint density at radius 3 is 2.53 bits per heavy atom. The SMILES string of the molecule is Cn1nc(NS(C)(=O)=O)c2c(Cl)ccc(-n3c([C@H](Cc4cc(F)cc(F)c4)NC(=O)Cn4nc(C(F)F)c5c4C(F)(F)[C@@H]4C[C@H]54)nc4nc(-c5ccc6ncsc6c5)ccc4c3=O)c21. The highest BCUT2D eigenvalue weighted by molar-refractivity contribution is 7.92. The number of nitrogens with zero attached hydrogens (tertiary/aromatic N) is 8. The molecule has 1 saturated carbocycles. The van der Waals surface area contributed by atoms with Crippen LogP contribution in [-0.2, 0) is 40.8 Å². The van der Waals surface area contributed by atoms with E-state index in [-0.39, 0.29) is 61.8 Å². The van der Waals surface area contributed by atoms with E-state index in [1.165, 1.54) is 41.3 Å². The largest absolute Gasteiger partial charge is 0.344 e. The summed E-state index contributed by atoms with van der Waals surface area (Å²) in [6.07, 6.45) is -2.80. The van der Waals surface area contributed by atoms with Crippen molar-refractivity contribution in [1.29, 1.82) is 0 Å². The molecule has 0 unspecified atom stereocenters. The molecule has 0 radical (unpaired) electrons. The summed E-state index contributed by atoms with van der Waals surface area (Å²) in [5.41, 5.74) is 0.630. The second-order valence-corrected chi connectivity index (χ2v) is 18.7. The average Bonchev–Trinajstić information content (AvgIpc) is 3.44. The summed E-state index contributed by atoms with van der Waals surface area (Å²) in [5.74, 6) is -9.13. The highest BCUT2D eigenvalue weighted by Crippen LogP contribution is 2.68. The molecular weight excluding hydrogens is 910 g/mol. The van der Waals surface area contributed by atoms with Gasteiger partial charge in [-0.2, -0.15) is 19.0 Å². The number of hydrogen-bond donors (Lipinski definition) is 2. The molecule has 3 aromatic carbocycles. The topological polar surface area (TPSA) is 172 Å². The van der Waals surface area contributed by atoms with Crippen LogP contribution in [0.2, 0.25) is 5.02 Å². The third-order valence-electron chi connectivity index (χ3n) is 11.3. The lowest BCUT2D eigenvalue weighted by Crippen LogP contribution is -2.38. The molecule has 14 nitrogen and oxygen atoms in total. The molecule has 3 atom stereocenters. The first kappa shape index (κ1) is 41.6. The first-order chi connectivity index (χ1) is 30.4. The Bertz CT molecular complexity index is 3450. The number of rotatable bonds is 11. The summed E-state index contributed by atoms with van der Waals surface area (Å²) < 4.78 is 120. The quantitative estimate of drug-likeness (QED) is 0.123. The fourth-order valence-corrected chi connectivity index (χ4v) is 10.1. The number of fused-ring (bicyclic) bond motifs is 6. The van der Waals surface area contributed by atoms with Crippen molar-refractivity contribution in [1.82, 2.24) is 44.4 Å². The maximum Gasteiger partial charge on any atom is 0.293 e. The summed E-state index contributed by atoms with van der Waals surface area (Å²) in [5, 5.41) is 10.8. The van der Waals surface area contributed by atoms with Gasteiger partial charge in [0.1, 0.15) is 35.4 Å². The number of benzene rings is 3. The standard InChI is InChI=1S/C41H29ClF6N10O4S2/c1-56-34-28(8-5-24(42)32(34)38(54-56)55-64(2,61)62)58-39(52-37-21(40(58)60)4-7-25(51-37)18-3-6-26-29(12-18)63-16-49-26)27(11-17-9-19(43)13-20(44)10-17)50-30(59)15-57-35-31(33(53-57)36(45)46)22-14-23(22)41(35,47)48/h3-10,12-13,16,22-23,27,36H,11,14-15H2,1-2H3,(H,50,59)(H,54,55)/t22-,23+,27-/m0/s1. The fraction of sp³-hybridized carbons (Fsp3) is 0.244. The lowest BCUT2D eigenvalue weighted by Gasteiger charge is -2.24. The molecule has 2 aliphatic rings. The van der Waals surface area contributed by atoms with Gasteiger partial charge in [-0.1, -0.05) is 17.7 Å². The van der Waals surface area contributed by atoms with Crippen LogP contribution < -0.4 is 15.6 Å². The van der Waals surface area contributed by atoms with Crippen molar-refractivity contribution in [3.63, 3.8) is 0 Å². The molecule has 0 spiro atoms. The van der Waals surface area contributed by atoms with Crippen molar-refractivity contribution in [3.8, 4) is 16.9 Å². The van der Waals surface area contributed by atoms with Gasteiger partial charge in [-0.25, -0.2) is 40.9 Å². The zero-order valence-corrected chi connectivity index (χ0v) is 35.3. The normalized spacial score (nSPS) is 17.0.